The SMILES string of the molecule is CNC(=O)Nc1ccc(NCC2CCC(C)O2)cc1. The summed E-state index contributed by atoms with van der Waals surface area (Å²) >= 11 is 0. The Morgan fingerprint density at radius 3 is 2.53 bits per heavy atom. The maximum Gasteiger partial charge on any atom is 0.318 e. The van der Waals surface area contributed by atoms with E-state index in [2.05, 4.69) is 22.9 Å². The number of benzene rings is 1. The average molecular weight is 263 g/mol. The van der Waals surface area contributed by atoms with E-state index in [9.17, 15) is 4.79 Å². The number of anilines is 2. The van der Waals surface area contributed by atoms with Crippen LogP contribution >= 0.6 is 0 Å². The fraction of sp³-hybridized carbons (Fsp3) is 0.500. The number of rotatable bonds is 4. The van der Waals surface area contributed by atoms with Gasteiger partial charge in [-0.1, -0.05) is 0 Å². The molecule has 1 aromatic carbocycles. The third-order valence-electron chi connectivity index (χ3n) is 3.22. The second-order valence-electron chi connectivity index (χ2n) is 4.81. The van der Waals surface area contributed by atoms with Crippen LogP contribution in [0.3, 0.4) is 0 Å². The summed E-state index contributed by atoms with van der Waals surface area (Å²) < 4.78 is 5.75. The van der Waals surface area contributed by atoms with Crippen LogP contribution in [0.15, 0.2) is 24.3 Å². The Morgan fingerprint density at radius 2 is 1.95 bits per heavy atom. The maximum atomic E-state index is 11.1. The lowest BCUT2D eigenvalue weighted by Gasteiger charge is -2.13. The van der Waals surface area contributed by atoms with Gasteiger partial charge in [-0.3, -0.25) is 0 Å². The van der Waals surface area contributed by atoms with Gasteiger partial charge in [0.2, 0.25) is 0 Å². The molecule has 1 saturated heterocycles. The second-order valence-corrected chi connectivity index (χ2v) is 4.81. The highest BCUT2D eigenvalue weighted by Gasteiger charge is 2.21. The number of nitrogens with one attached hydrogen (secondary N) is 3. The van der Waals surface area contributed by atoms with E-state index in [0.29, 0.717) is 12.2 Å². The molecule has 19 heavy (non-hydrogen) atoms. The minimum Gasteiger partial charge on any atom is -0.382 e. The van der Waals surface area contributed by atoms with Gasteiger partial charge >= 0.3 is 6.03 Å². The molecule has 2 unspecified atom stereocenters. The molecule has 0 aromatic heterocycles. The molecule has 0 spiro atoms. The Morgan fingerprint density at radius 1 is 1.26 bits per heavy atom. The van der Waals surface area contributed by atoms with E-state index in [1.807, 2.05) is 24.3 Å². The van der Waals surface area contributed by atoms with Crippen molar-refractivity contribution in [1.29, 1.82) is 0 Å². The van der Waals surface area contributed by atoms with Crippen LogP contribution in [0.5, 0.6) is 0 Å². The average Bonchev–Trinajstić information content (AvgIpc) is 2.83. The van der Waals surface area contributed by atoms with E-state index in [4.69, 9.17) is 4.74 Å². The molecule has 3 N–H and O–H groups in total. The largest absolute Gasteiger partial charge is 0.382 e. The minimum atomic E-state index is -0.214. The summed E-state index contributed by atoms with van der Waals surface area (Å²) in [5, 5.41) is 8.58. The van der Waals surface area contributed by atoms with E-state index in [-0.39, 0.29) is 6.03 Å². The third kappa shape index (κ3) is 4.13. The van der Waals surface area contributed by atoms with E-state index >= 15 is 0 Å². The summed E-state index contributed by atoms with van der Waals surface area (Å²) in [5.41, 5.74) is 1.81. The van der Waals surface area contributed by atoms with E-state index < -0.39 is 0 Å². The first kappa shape index (κ1) is 13.7. The fourth-order valence-corrected chi connectivity index (χ4v) is 2.13. The van der Waals surface area contributed by atoms with Crippen molar-refractivity contribution < 1.29 is 9.53 Å². The van der Waals surface area contributed by atoms with Crippen LogP contribution in [0.25, 0.3) is 0 Å². The number of carbonyl (C=O) groups excluding carboxylic acids is 1. The highest BCUT2D eigenvalue weighted by Crippen LogP contribution is 2.20. The topological polar surface area (TPSA) is 62.4 Å². The molecule has 5 heteroatoms. The van der Waals surface area contributed by atoms with Crippen LogP contribution in [0.4, 0.5) is 16.2 Å². The molecular formula is C14H21N3O2. The van der Waals surface area contributed by atoms with E-state index in [1.54, 1.807) is 7.05 Å². The van der Waals surface area contributed by atoms with Gasteiger partial charge in [0.05, 0.1) is 12.2 Å². The summed E-state index contributed by atoms with van der Waals surface area (Å²) in [7, 11) is 1.59. The van der Waals surface area contributed by atoms with Crippen LogP contribution in [0, 0.1) is 0 Å². The molecule has 1 heterocycles. The molecule has 1 aromatic rings. The van der Waals surface area contributed by atoms with Crippen molar-refractivity contribution in [2.75, 3.05) is 24.2 Å². The Kier molecular flexibility index (Phi) is 4.63. The maximum absolute atomic E-state index is 11.1. The van der Waals surface area contributed by atoms with E-state index in [0.717, 1.165) is 30.8 Å². The molecule has 0 aliphatic carbocycles. The van der Waals surface area contributed by atoms with Crippen molar-refractivity contribution >= 4 is 17.4 Å². The first-order valence-corrected chi connectivity index (χ1v) is 6.65. The standard InChI is InChI=1S/C14H21N3O2/c1-10-3-8-13(19-10)9-16-11-4-6-12(7-5-11)17-14(18)15-2/h4-7,10,13,16H,3,8-9H2,1-2H3,(H2,15,17,18). The molecule has 1 aliphatic rings. The molecule has 2 atom stereocenters. The molecule has 0 saturated carbocycles. The molecule has 5 nitrogen and oxygen atoms in total. The number of hydrogen-bond acceptors (Lipinski definition) is 3. The van der Waals surface area contributed by atoms with Gasteiger partial charge in [0.1, 0.15) is 0 Å². The van der Waals surface area contributed by atoms with Gasteiger partial charge in [-0.15, -0.1) is 0 Å². The predicted octanol–water partition coefficient (Wildman–Crippen LogP) is 2.42. The Balaban J connectivity index is 1.80. The Bertz CT molecular complexity index is 419. The lowest BCUT2D eigenvalue weighted by molar-refractivity contribution is 0.0637. The van der Waals surface area contributed by atoms with Crippen molar-refractivity contribution in [3.05, 3.63) is 24.3 Å². The monoisotopic (exact) mass is 263 g/mol. The third-order valence-corrected chi connectivity index (χ3v) is 3.22. The highest BCUT2D eigenvalue weighted by atomic mass is 16.5. The lowest BCUT2D eigenvalue weighted by Crippen LogP contribution is -2.24. The summed E-state index contributed by atoms with van der Waals surface area (Å²) in [6, 6.07) is 7.42. The smallest absolute Gasteiger partial charge is 0.318 e. The Hall–Kier alpha value is -1.75. The number of ether oxygens (including phenoxy) is 1. The van der Waals surface area contributed by atoms with Gasteiger partial charge in [0.25, 0.3) is 0 Å². The van der Waals surface area contributed by atoms with Crippen molar-refractivity contribution in [2.24, 2.45) is 0 Å². The van der Waals surface area contributed by atoms with Gasteiger partial charge in [0.15, 0.2) is 0 Å². The number of hydrogen-bond donors (Lipinski definition) is 3. The first-order chi connectivity index (χ1) is 9.17. The number of urea groups is 1. The van der Waals surface area contributed by atoms with Crippen molar-refractivity contribution in [3.8, 4) is 0 Å². The molecule has 0 bridgehead atoms. The summed E-state index contributed by atoms with van der Waals surface area (Å²) in [6.45, 7) is 2.94. The van der Waals surface area contributed by atoms with Crippen LogP contribution in [0.1, 0.15) is 19.8 Å². The fourth-order valence-electron chi connectivity index (χ4n) is 2.13. The predicted molar refractivity (Wildman–Crippen MR) is 76.6 cm³/mol. The van der Waals surface area contributed by atoms with Gasteiger partial charge in [-0.2, -0.15) is 0 Å². The quantitative estimate of drug-likeness (QED) is 0.781. The van der Waals surface area contributed by atoms with Crippen molar-refractivity contribution in [3.63, 3.8) is 0 Å². The summed E-state index contributed by atoms with van der Waals surface area (Å²) in [4.78, 5) is 11.1. The zero-order valence-corrected chi connectivity index (χ0v) is 11.4. The first-order valence-electron chi connectivity index (χ1n) is 6.65. The highest BCUT2D eigenvalue weighted by molar-refractivity contribution is 5.89. The van der Waals surface area contributed by atoms with Crippen LogP contribution in [-0.4, -0.2) is 31.8 Å². The van der Waals surface area contributed by atoms with Crippen molar-refractivity contribution in [2.45, 2.75) is 32.0 Å². The normalized spacial score (nSPS) is 22.0. The molecule has 1 fully saturated rings. The number of amides is 2. The molecule has 104 valence electrons. The van der Waals surface area contributed by atoms with Crippen LogP contribution in [-0.2, 0) is 4.74 Å². The number of carbonyl (C=O) groups is 1. The minimum absolute atomic E-state index is 0.214. The van der Waals surface area contributed by atoms with Gasteiger partial charge in [0, 0.05) is 25.0 Å². The second kappa shape index (κ2) is 6.43. The van der Waals surface area contributed by atoms with Crippen molar-refractivity contribution in [1.82, 2.24) is 5.32 Å². The van der Waals surface area contributed by atoms with Crippen LogP contribution < -0.4 is 16.0 Å². The summed E-state index contributed by atoms with van der Waals surface area (Å²) in [6.07, 6.45) is 2.94. The Labute approximate surface area is 113 Å². The zero-order chi connectivity index (χ0) is 13.7. The molecule has 2 rings (SSSR count). The molecule has 1 aliphatic heterocycles. The lowest BCUT2D eigenvalue weighted by atomic mass is 10.2. The van der Waals surface area contributed by atoms with Gasteiger partial charge < -0.3 is 20.7 Å². The van der Waals surface area contributed by atoms with Gasteiger partial charge in [-0.25, -0.2) is 4.79 Å². The molecule has 0 radical (unpaired) electrons. The van der Waals surface area contributed by atoms with Gasteiger partial charge in [-0.05, 0) is 44.0 Å². The van der Waals surface area contributed by atoms with E-state index in [1.165, 1.54) is 0 Å². The molecule has 2 amide bonds. The summed E-state index contributed by atoms with van der Waals surface area (Å²) in [5.74, 6) is 0. The molecular weight excluding hydrogens is 242 g/mol. The van der Waals surface area contributed by atoms with Crippen LogP contribution in [0.2, 0.25) is 0 Å². The zero-order valence-electron chi connectivity index (χ0n) is 11.4.